The molecule has 0 radical (unpaired) electrons. The maximum Gasteiger partial charge on any atom is 0.256 e. The molecule has 2 rings (SSSR count). The van der Waals surface area contributed by atoms with Crippen molar-refractivity contribution in [3.05, 3.63) is 23.8 Å². The third-order valence-corrected chi connectivity index (χ3v) is 3.20. The Morgan fingerprint density at radius 2 is 2.22 bits per heavy atom. The van der Waals surface area contributed by atoms with E-state index in [-0.39, 0.29) is 5.91 Å². The van der Waals surface area contributed by atoms with Crippen molar-refractivity contribution >= 4 is 11.6 Å². The van der Waals surface area contributed by atoms with Gasteiger partial charge in [-0.3, -0.25) is 4.79 Å². The lowest BCUT2D eigenvalue weighted by atomic mass is 10.1. The van der Waals surface area contributed by atoms with Gasteiger partial charge >= 0.3 is 0 Å². The van der Waals surface area contributed by atoms with E-state index in [9.17, 15) is 4.79 Å². The number of carbonyl (C=O) groups is 1. The van der Waals surface area contributed by atoms with E-state index in [1.54, 1.807) is 25.3 Å². The zero-order valence-corrected chi connectivity index (χ0v) is 11.0. The first kappa shape index (κ1) is 12.7. The highest BCUT2D eigenvalue weighted by molar-refractivity contribution is 5.99. The maximum absolute atomic E-state index is 12.4. The minimum Gasteiger partial charge on any atom is -0.497 e. The van der Waals surface area contributed by atoms with Gasteiger partial charge in [-0.05, 0) is 31.4 Å². The molecule has 4 nitrogen and oxygen atoms in total. The van der Waals surface area contributed by atoms with Gasteiger partial charge in [0.1, 0.15) is 5.75 Å². The number of amides is 1. The third-order valence-electron chi connectivity index (χ3n) is 3.20. The number of benzene rings is 1. The van der Waals surface area contributed by atoms with Gasteiger partial charge in [-0.1, -0.05) is 6.92 Å². The van der Waals surface area contributed by atoms with Crippen molar-refractivity contribution in [3.63, 3.8) is 0 Å². The predicted molar refractivity (Wildman–Crippen MR) is 71.8 cm³/mol. The van der Waals surface area contributed by atoms with E-state index in [4.69, 9.17) is 10.5 Å². The molecule has 4 heteroatoms. The fraction of sp³-hybridized carbons (Fsp3) is 0.500. The van der Waals surface area contributed by atoms with E-state index >= 15 is 0 Å². The molecule has 0 unspecified atom stereocenters. The largest absolute Gasteiger partial charge is 0.497 e. The Morgan fingerprint density at radius 3 is 2.72 bits per heavy atom. The molecule has 98 valence electrons. The fourth-order valence-corrected chi connectivity index (χ4v) is 2.09. The molecule has 0 aromatic heterocycles. The molecule has 0 spiro atoms. The third kappa shape index (κ3) is 2.58. The standard InChI is InChI=1S/C14H20N2O2/c1-3-8-16(10-4-5-10)14(17)12-7-6-11(18-2)9-13(12)15/h6-7,9-10H,3-5,8,15H2,1-2H3. The SMILES string of the molecule is CCCN(C(=O)c1ccc(OC)cc1N)C1CC1. The Kier molecular flexibility index (Phi) is 3.75. The summed E-state index contributed by atoms with van der Waals surface area (Å²) in [5.74, 6) is 0.719. The van der Waals surface area contributed by atoms with Crippen LogP contribution >= 0.6 is 0 Å². The topological polar surface area (TPSA) is 55.6 Å². The first-order chi connectivity index (χ1) is 8.67. The summed E-state index contributed by atoms with van der Waals surface area (Å²) >= 11 is 0. The van der Waals surface area contributed by atoms with Crippen LogP contribution in [0.2, 0.25) is 0 Å². The van der Waals surface area contributed by atoms with Crippen LogP contribution in [-0.4, -0.2) is 30.5 Å². The summed E-state index contributed by atoms with van der Waals surface area (Å²) in [6.45, 7) is 2.88. The first-order valence-electron chi connectivity index (χ1n) is 6.41. The molecule has 0 heterocycles. The van der Waals surface area contributed by atoms with Crippen molar-refractivity contribution in [1.82, 2.24) is 4.90 Å². The number of carbonyl (C=O) groups excluding carboxylic acids is 1. The van der Waals surface area contributed by atoms with Gasteiger partial charge < -0.3 is 15.4 Å². The average Bonchev–Trinajstić information content (AvgIpc) is 3.19. The first-order valence-corrected chi connectivity index (χ1v) is 6.41. The van der Waals surface area contributed by atoms with Gasteiger partial charge in [0.15, 0.2) is 0 Å². The van der Waals surface area contributed by atoms with Gasteiger partial charge in [0.25, 0.3) is 5.91 Å². The number of nitrogen functional groups attached to an aromatic ring is 1. The van der Waals surface area contributed by atoms with Gasteiger partial charge in [-0.2, -0.15) is 0 Å². The van der Waals surface area contributed by atoms with Crippen molar-refractivity contribution in [2.24, 2.45) is 0 Å². The van der Waals surface area contributed by atoms with Crippen molar-refractivity contribution in [3.8, 4) is 5.75 Å². The Morgan fingerprint density at radius 1 is 1.50 bits per heavy atom. The molecule has 1 saturated carbocycles. The molecule has 0 atom stereocenters. The lowest BCUT2D eigenvalue weighted by Crippen LogP contribution is -2.34. The van der Waals surface area contributed by atoms with Crippen LogP contribution in [0.3, 0.4) is 0 Å². The van der Waals surface area contributed by atoms with Gasteiger partial charge in [0.2, 0.25) is 0 Å². The van der Waals surface area contributed by atoms with E-state index in [1.165, 1.54) is 0 Å². The molecule has 2 N–H and O–H groups in total. The average molecular weight is 248 g/mol. The van der Waals surface area contributed by atoms with E-state index in [2.05, 4.69) is 6.92 Å². The molecule has 18 heavy (non-hydrogen) atoms. The van der Waals surface area contributed by atoms with Crippen LogP contribution < -0.4 is 10.5 Å². The number of ether oxygens (including phenoxy) is 1. The molecule has 0 saturated heterocycles. The molecule has 1 amide bonds. The summed E-state index contributed by atoms with van der Waals surface area (Å²) in [6.07, 6.45) is 3.20. The molecule has 0 bridgehead atoms. The van der Waals surface area contributed by atoms with E-state index in [1.807, 2.05) is 4.90 Å². The van der Waals surface area contributed by atoms with Gasteiger partial charge in [-0.15, -0.1) is 0 Å². The van der Waals surface area contributed by atoms with Crippen molar-refractivity contribution in [1.29, 1.82) is 0 Å². The number of anilines is 1. The molecular weight excluding hydrogens is 228 g/mol. The zero-order chi connectivity index (χ0) is 13.1. The van der Waals surface area contributed by atoms with E-state index < -0.39 is 0 Å². The van der Waals surface area contributed by atoms with Crippen LogP contribution in [0, 0.1) is 0 Å². The summed E-state index contributed by atoms with van der Waals surface area (Å²) in [4.78, 5) is 14.4. The van der Waals surface area contributed by atoms with Crippen LogP contribution in [0.1, 0.15) is 36.5 Å². The number of nitrogens with two attached hydrogens (primary N) is 1. The number of methoxy groups -OCH3 is 1. The van der Waals surface area contributed by atoms with Crippen LogP contribution in [0.4, 0.5) is 5.69 Å². The minimum atomic E-state index is 0.0412. The summed E-state index contributed by atoms with van der Waals surface area (Å²) in [6, 6.07) is 5.64. The minimum absolute atomic E-state index is 0.0412. The maximum atomic E-state index is 12.4. The molecule has 0 aliphatic heterocycles. The van der Waals surface area contributed by atoms with Crippen molar-refractivity contribution < 1.29 is 9.53 Å². The van der Waals surface area contributed by atoms with Crippen LogP contribution in [0.15, 0.2) is 18.2 Å². The Labute approximate surface area is 108 Å². The second-order valence-corrected chi connectivity index (χ2v) is 4.68. The number of rotatable bonds is 5. The van der Waals surface area contributed by atoms with E-state index in [0.717, 1.165) is 25.8 Å². The number of hydrogen-bond acceptors (Lipinski definition) is 3. The lowest BCUT2D eigenvalue weighted by molar-refractivity contribution is 0.0744. The highest BCUT2D eigenvalue weighted by Gasteiger charge is 2.32. The van der Waals surface area contributed by atoms with Crippen molar-refractivity contribution in [2.45, 2.75) is 32.2 Å². The molecule has 1 aliphatic carbocycles. The number of nitrogens with zero attached hydrogens (tertiary/aromatic N) is 1. The smallest absolute Gasteiger partial charge is 0.256 e. The van der Waals surface area contributed by atoms with Gasteiger partial charge in [0, 0.05) is 24.3 Å². The Balaban J connectivity index is 2.21. The van der Waals surface area contributed by atoms with Gasteiger partial charge in [0.05, 0.1) is 12.7 Å². The summed E-state index contributed by atoms with van der Waals surface area (Å²) in [5, 5.41) is 0. The summed E-state index contributed by atoms with van der Waals surface area (Å²) in [7, 11) is 1.59. The van der Waals surface area contributed by atoms with Crippen molar-refractivity contribution in [2.75, 3.05) is 19.4 Å². The Hall–Kier alpha value is -1.71. The quantitative estimate of drug-likeness (QED) is 0.813. The zero-order valence-electron chi connectivity index (χ0n) is 11.0. The second-order valence-electron chi connectivity index (χ2n) is 4.68. The lowest BCUT2D eigenvalue weighted by Gasteiger charge is -2.22. The Bertz CT molecular complexity index is 441. The van der Waals surface area contributed by atoms with Gasteiger partial charge in [-0.25, -0.2) is 0 Å². The molecule has 1 aliphatic rings. The normalized spacial score (nSPS) is 14.3. The predicted octanol–water partition coefficient (Wildman–Crippen LogP) is 2.29. The fourth-order valence-electron chi connectivity index (χ4n) is 2.09. The molecule has 1 fully saturated rings. The molecule has 1 aromatic rings. The molecule has 1 aromatic carbocycles. The summed E-state index contributed by atoms with van der Waals surface area (Å²) in [5.41, 5.74) is 6.99. The van der Waals surface area contributed by atoms with Crippen LogP contribution in [0.5, 0.6) is 5.75 Å². The van der Waals surface area contributed by atoms with Crippen LogP contribution in [-0.2, 0) is 0 Å². The number of hydrogen-bond donors (Lipinski definition) is 1. The van der Waals surface area contributed by atoms with Crippen LogP contribution in [0.25, 0.3) is 0 Å². The highest BCUT2D eigenvalue weighted by atomic mass is 16.5. The second kappa shape index (κ2) is 5.29. The van der Waals surface area contributed by atoms with E-state index in [0.29, 0.717) is 23.0 Å². The molecular formula is C14H20N2O2. The summed E-state index contributed by atoms with van der Waals surface area (Å²) < 4.78 is 5.09. The highest BCUT2D eigenvalue weighted by Crippen LogP contribution is 2.30. The monoisotopic (exact) mass is 248 g/mol.